The van der Waals surface area contributed by atoms with Crippen molar-refractivity contribution in [1.82, 2.24) is 8.61 Å². The Balaban J connectivity index is 1.96. The first kappa shape index (κ1) is 21.0. The van der Waals surface area contributed by atoms with Gasteiger partial charge in [0.2, 0.25) is 20.0 Å². The first-order valence-electron chi connectivity index (χ1n) is 9.63. The van der Waals surface area contributed by atoms with Crippen LogP contribution in [0.3, 0.4) is 0 Å². The number of benzene rings is 1. The van der Waals surface area contributed by atoms with Crippen LogP contribution in [0.2, 0.25) is 5.02 Å². The molecule has 2 aliphatic heterocycles. The smallest absolute Gasteiger partial charge is 0.207 e. The van der Waals surface area contributed by atoms with Crippen LogP contribution < -0.4 is 0 Å². The van der Waals surface area contributed by atoms with Gasteiger partial charge in [0.1, 0.15) is 4.90 Å². The lowest BCUT2D eigenvalue weighted by atomic mass is 10.2. The Hall–Kier alpha value is -0.670. The first-order chi connectivity index (χ1) is 12.8. The lowest BCUT2D eigenvalue weighted by molar-refractivity contribution is 0.422. The Morgan fingerprint density at radius 2 is 1.11 bits per heavy atom. The van der Waals surface area contributed by atoms with Gasteiger partial charge >= 0.3 is 0 Å². The number of hydrogen-bond acceptors (Lipinski definition) is 4. The number of halogens is 1. The molecular formula is C18H27ClN2O4S2. The van der Waals surface area contributed by atoms with Crippen LogP contribution in [0.4, 0.5) is 0 Å². The Labute approximate surface area is 167 Å². The molecule has 0 aliphatic carbocycles. The van der Waals surface area contributed by atoms with Crippen molar-refractivity contribution in [1.29, 1.82) is 0 Å². The monoisotopic (exact) mass is 434 g/mol. The van der Waals surface area contributed by atoms with Gasteiger partial charge in [0.05, 0.1) is 9.92 Å². The van der Waals surface area contributed by atoms with Gasteiger partial charge in [0.15, 0.2) is 0 Å². The summed E-state index contributed by atoms with van der Waals surface area (Å²) in [6, 6.07) is 4.03. The van der Waals surface area contributed by atoms with E-state index in [1.54, 1.807) is 0 Å². The molecule has 3 rings (SSSR count). The number of hydrogen-bond donors (Lipinski definition) is 0. The highest BCUT2D eigenvalue weighted by Gasteiger charge is 2.31. The zero-order valence-corrected chi connectivity index (χ0v) is 17.8. The molecule has 2 heterocycles. The summed E-state index contributed by atoms with van der Waals surface area (Å²) in [4.78, 5) is -0.107. The fourth-order valence-corrected chi connectivity index (χ4v) is 7.33. The van der Waals surface area contributed by atoms with E-state index in [-0.39, 0.29) is 14.8 Å². The van der Waals surface area contributed by atoms with Gasteiger partial charge < -0.3 is 0 Å². The third-order valence-corrected chi connectivity index (χ3v) is 9.56. The van der Waals surface area contributed by atoms with Crippen molar-refractivity contribution >= 4 is 31.6 Å². The van der Waals surface area contributed by atoms with E-state index in [1.807, 2.05) is 0 Å². The van der Waals surface area contributed by atoms with Gasteiger partial charge in [0.25, 0.3) is 0 Å². The van der Waals surface area contributed by atoms with Gasteiger partial charge in [-0.2, -0.15) is 8.61 Å². The van der Waals surface area contributed by atoms with Crippen molar-refractivity contribution in [2.75, 3.05) is 26.2 Å². The quantitative estimate of drug-likeness (QED) is 0.727. The van der Waals surface area contributed by atoms with Crippen molar-refractivity contribution in [2.24, 2.45) is 0 Å². The van der Waals surface area contributed by atoms with Gasteiger partial charge in [0, 0.05) is 26.2 Å². The van der Waals surface area contributed by atoms with E-state index in [4.69, 9.17) is 11.6 Å². The van der Waals surface area contributed by atoms with Gasteiger partial charge in [-0.1, -0.05) is 37.3 Å². The van der Waals surface area contributed by atoms with Gasteiger partial charge in [-0.15, -0.1) is 0 Å². The van der Waals surface area contributed by atoms with Crippen molar-refractivity contribution in [2.45, 2.75) is 61.2 Å². The maximum absolute atomic E-state index is 13.1. The van der Waals surface area contributed by atoms with Crippen LogP contribution in [0.15, 0.2) is 28.0 Å². The minimum absolute atomic E-state index is 0.00203. The van der Waals surface area contributed by atoms with E-state index in [0.29, 0.717) is 26.2 Å². The molecule has 2 saturated heterocycles. The Morgan fingerprint density at radius 3 is 1.59 bits per heavy atom. The first-order valence-corrected chi connectivity index (χ1v) is 12.9. The van der Waals surface area contributed by atoms with Crippen molar-refractivity contribution in [3.8, 4) is 0 Å². The predicted octanol–water partition coefficient (Wildman–Crippen LogP) is 3.47. The molecule has 0 radical (unpaired) electrons. The second-order valence-corrected chi connectivity index (χ2v) is 11.5. The molecule has 0 atom stereocenters. The summed E-state index contributed by atoms with van der Waals surface area (Å²) in [6.07, 6.45) is 7.30. The highest BCUT2D eigenvalue weighted by molar-refractivity contribution is 7.90. The molecule has 0 unspecified atom stereocenters. The third kappa shape index (κ3) is 4.67. The Morgan fingerprint density at radius 1 is 0.667 bits per heavy atom. The average Bonchev–Trinajstić information content (AvgIpc) is 3.07. The molecule has 0 aromatic heterocycles. The summed E-state index contributed by atoms with van der Waals surface area (Å²) in [6.45, 7) is 1.84. The summed E-state index contributed by atoms with van der Waals surface area (Å²) >= 11 is 6.19. The zero-order valence-electron chi connectivity index (χ0n) is 15.4. The molecule has 0 amide bonds. The number of nitrogens with zero attached hydrogens (tertiary/aromatic N) is 2. The standard InChI is InChI=1S/C18H27ClN2O4S2/c19-17-10-9-16(26(22,23)20-11-5-1-2-6-12-20)15-18(17)27(24,25)21-13-7-3-4-8-14-21/h9-10,15H,1-8,11-14H2. The lowest BCUT2D eigenvalue weighted by Crippen LogP contribution is -2.33. The van der Waals surface area contributed by atoms with Crippen LogP contribution in [0.5, 0.6) is 0 Å². The molecule has 27 heavy (non-hydrogen) atoms. The SMILES string of the molecule is O=S(=O)(c1ccc(Cl)c(S(=O)(=O)N2CCCCCC2)c1)N1CCCCCC1. The Bertz CT molecular complexity index is 855. The maximum Gasteiger partial charge on any atom is 0.244 e. The molecule has 2 fully saturated rings. The highest BCUT2D eigenvalue weighted by Crippen LogP contribution is 2.30. The molecule has 1 aromatic carbocycles. The van der Waals surface area contributed by atoms with Crippen molar-refractivity contribution in [3.05, 3.63) is 23.2 Å². The summed E-state index contributed by atoms with van der Waals surface area (Å²) in [7, 11) is -7.55. The van der Waals surface area contributed by atoms with Crippen LogP contribution in [0.25, 0.3) is 0 Å². The second kappa shape index (κ2) is 8.78. The minimum atomic E-state index is -3.82. The van der Waals surface area contributed by atoms with E-state index < -0.39 is 20.0 Å². The van der Waals surface area contributed by atoms with E-state index in [1.165, 1.54) is 26.8 Å². The van der Waals surface area contributed by atoms with Crippen LogP contribution in [0, 0.1) is 0 Å². The molecule has 1 aromatic rings. The van der Waals surface area contributed by atoms with Crippen LogP contribution in [-0.4, -0.2) is 51.6 Å². The van der Waals surface area contributed by atoms with Crippen LogP contribution in [0.1, 0.15) is 51.4 Å². The summed E-state index contributed by atoms with van der Waals surface area (Å²) in [5.41, 5.74) is 0. The molecule has 2 aliphatic rings. The zero-order chi connectivity index (χ0) is 19.5. The van der Waals surface area contributed by atoms with Gasteiger partial charge in [-0.3, -0.25) is 0 Å². The Kier molecular flexibility index (Phi) is 6.84. The normalized spacial score (nSPS) is 21.5. The van der Waals surface area contributed by atoms with E-state index in [9.17, 15) is 16.8 Å². The number of sulfonamides is 2. The van der Waals surface area contributed by atoms with Crippen LogP contribution in [-0.2, 0) is 20.0 Å². The van der Waals surface area contributed by atoms with E-state index in [2.05, 4.69) is 0 Å². The maximum atomic E-state index is 13.1. The van der Waals surface area contributed by atoms with Gasteiger partial charge in [-0.25, -0.2) is 16.8 Å². The van der Waals surface area contributed by atoms with Gasteiger partial charge in [-0.05, 0) is 43.9 Å². The highest BCUT2D eigenvalue weighted by atomic mass is 35.5. The second-order valence-electron chi connectivity index (χ2n) is 7.23. The molecule has 0 spiro atoms. The molecule has 0 saturated carbocycles. The predicted molar refractivity (Wildman–Crippen MR) is 106 cm³/mol. The summed E-state index contributed by atoms with van der Waals surface area (Å²) < 4.78 is 55.2. The molecular weight excluding hydrogens is 408 g/mol. The third-order valence-electron chi connectivity index (χ3n) is 5.29. The summed E-state index contributed by atoms with van der Waals surface area (Å²) in [5.74, 6) is 0. The largest absolute Gasteiger partial charge is 0.244 e. The minimum Gasteiger partial charge on any atom is -0.207 e. The lowest BCUT2D eigenvalue weighted by Gasteiger charge is -2.23. The number of rotatable bonds is 4. The van der Waals surface area contributed by atoms with Crippen molar-refractivity contribution < 1.29 is 16.8 Å². The summed E-state index contributed by atoms with van der Waals surface area (Å²) in [5, 5.41) is 0.0639. The molecule has 6 nitrogen and oxygen atoms in total. The molecule has 0 bridgehead atoms. The topological polar surface area (TPSA) is 74.8 Å². The average molecular weight is 435 g/mol. The molecule has 0 N–H and O–H groups in total. The molecule has 9 heteroatoms. The van der Waals surface area contributed by atoms with Crippen molar-refractivity contribution in [3.63, 3.8) is 0 Å². The fourth-order valence-electron chi connectivity index (χ4n) is 3.69. The van der Waals surface area contributed by atoms with Crippen LogP contribution >= 0.6 is 11.6 Å². The fraction of sp³-hybridized carbons (Fsp3) is 0.667. The molecule has 152 valence electrons. The van der Waals surface area contributed by atoms with E-state index >= 15 is 0 Å². The van der Waals surface area contributed by atoms with E-state index in [0.717, 1.165) is 51.4 Å².